The number of esters is 1. The first-order valence-corrected chi connectivity index (χ1v) is 12.6. The molecule has 1 atom stereocenters. The van der Waals surface area contributed by atoms with Crippen molar-refractivity contribution in [3.63, 3.8) is 0 Å². The number of carbonyl (C=O) groups excluding carboxylic acids is 2. The molecule has 2 aromatic rings. The Bertz CT molecular complexity index is 1010. The summed E-state index contributed by atoms with van der Waals surface area (Å²) in [6.07, 6.45) is 1.32. The minimum Gasteiger partial charge on any atom is -0.490 e. The second-order valence-electron chi connectivity index (χ2n) is 9.68. The van der Waals surface area contributed by atoms with Crippen LogP contribution >= 0.6 is 15.9 Å². The van der Waals surface area contributed by atoms with Crippen molar-refractivity contribution in [1.29, 1.82) is 0 Å². The summed E-state index contributed by atoms with van der Waals surface area (Å²) in [5.41, 5.74) is 1.33. The van der Waals surface area contributed by atoms with Gasteiger partial charge in [-0.05, 0) is 69.2 Å². The number of amides is 1. The van der Waals surface area contributed by atoms with Gasteiger partial charge in [0, 0.05) is 30.4 Å². The number of likely N-dealkylation sites (tertiary alicyclic amines) is 1. The van der Waals surface area contributed by atoms with Crippen LogP contribution in [-0.2, 0) is 20.9 Å². The zero-order chi connectivity index (χ0) is 25.6. The maximum atomic E-state index is 12.2. The predicted molar refractivity (Wildman–Crippen MR) is 137 cm³/mol. The van der Waals surface area contributed by atoms with E-state index in [1.165, 1.54) is 7.11 Å². The summed E-state index contributed by atoms with van der Waals surface area (Å²) in [5.74, 6) is 0.788. The molecule has 0 spiro atoms. The third-order valence-electron chi connectivity index (χ3n) is 5.67. The van der Waals surface area contributed by atoms with Gasteiger partial charge >= 0.3 is 12.1 Å². The fourth-order valence-electron chi connectivity index (χ4n) is 3.74. The number of methoxy groups -OCH3 is 1. The summed E-state index contributed by atoms with van der Waals surface area (Å²) in [5, 5.41) is 0. The number of piperidine rings is 1. The number of rotatable bonds is 7. The molecule has 1 amide bonds. The van der Waals surface area contributed by atoms with E-state index in [0.717, 1.165) is 34.2 Å². The van der Waals surface area contributed by atoms with E-state index >= 15 is 0 Å². The molecule has 0 N–H and O–H groups in total. The molecule has 1 aliphatic heterocycles. The van der Waals surface area contributed by atoms with Crippen molar-refractivity contribution in [1.82, 2.24) is 4.90 Å². The van der Waals surface area contributed by atoms with Crippen molar-refractivity contribution < 1.29 is 28.5 Å². The van der Waals surface area contributed by atoms with E-state index < -0.39 is 5.60 Å². The van der Waals surface area contributed by atoms with Gasteiger partial charge in [0.05, 0.1) is 13.0 Å². The summed E-state index contributed by atoms with van der Waals surface area (Å²) >= 11 is 3.48. The van der Waals surface area contributed by atoms with Crippen LogP contribution in [0.5, 0.6) is 11.5 Å². The van der Waals surface area contributed by atoms with E-state index in [4.69, 9.17) is 18.9 Å². The molecular formula is C27H34BrNO6. The van der Waals surface area contributed by atoms with E-state index in [1.54, 1.807) is 11.8 Å². The van der Waals surface area contributed by atoms with Crippen molar-refractivity contribution in [2.24, 2.45) is 0 Å². The first-order chi connectivity index (χ1) is 16.5. The van der Waals surface area contributed by atoms with Gasteiger partial charge in [0.25, 0.3) is 0 Å². The minimum absolute atomic E-state index is 0.0627. The number of hydrogen-bond donors (Lipinski definition) is 0. The zero-order valence-electron chi connectivity index (χ0n) is 21.0. The van der Waals surface area contributed by atoms with Gasteiger partial charge in [-0.1, -0.05) is 28.1 Å². The van der Waals surface area contributed by atoms with Gasteiger partial charge in [0.15, 0.2) is 0 Å². The Labute approximate surface area is 215 Å². The van der Waals surface area contributed by atoms with E-state index in [2.05, 4.69) is 15.9 Å². The van der Waals surface area contributed by atoms with Crippen LogP contribution in [0, 0.1) is 0 Å². The fourth-order valence-corrected chi connectivity index (χ4v) is 4.23. The van der Waals surface area contributed by atoms with Crippen LogP contribution in [0.1, 0.15) is 57.6 Å². The first kappa shape index (κ1) is 26.9. The number of halogens is 1. The Kier molecular flexibility index (Phi) is 9.05. The Balaban J connectivity index is 1.49. The summed E-state index contributed by atoms with van der Waals surface area (Å²) in [7, 11) is 1.38. The molecule has 7 nitrogen and oxygen atoms in total. The SMILES string of the molecule is COC(=O)C(C)c1cc(Br)cc(OCc2ccc(OC3CCN(C(=O)OC(C)(C)C)CC3)cc2)c1. The topological polar surface area (TPSA) is 74.3 Å². The molecule has 0 aliphatic carbocycles. The molecule has 0 aromatic heterocycles. The summed E-state index contributed by atoms with van der Waals surface area (Å²) in [4.78, 5) is 25.8. The molecule has 8 heteroatoms. The van der Waals surface area contributed by atoms with Crippen LogP contribution in [0.15, 0.2) is 46.9 Å². The Morgan fingerprint density at radius 2 is 1.71 bits per heavy atom. The third kappa shape index (κ3) is 8.16. The minimum atomic E-state index is -0.489. The van der Waals surface area contributed by atoms with Gasteiger partial charge in [-0.2, -0.15) is 0 Å². The summed E-state index contributed by atoms with van der Waals surface area (Å²) in [6.45, 7) is 9.05. The summed E-state index contributed by atoms with van der Waals surface area (Å²) in [6, 6.07) is 13.4. The highest BCUT2D eigenvalue weighted by molar-refractivity contribution is 9.10. The Morgan fingerprint density at radius 3 is 2.31 bits per heavy atom. The van der Waals surface area contributed by atoms with Gasteiger partial charge in [-0.15, -0.1) is 0 Å². The standard InChI is InChI=1S/C27H34BrNO6/c1-18(25(30)32-5)20-14-21(28)16-24(15-20)33-17-19-6-8-22(9-7-19)34-23-10-12-29(13-11-23)26(31)35-27(2,3)4/h6-9,14-16,18,23H,10-13,17H2,1-5H3. The van der Waals surface area contributed by atoms with Crippen LogP contribution in [0.4, 0.5) is 4.79 Å². The molecule has 3 rings (SSSR count). The van der Waals surface area contributed by atoms with Crippen molar-refractivity contribution in [3.05, 3.63) is 58.1 Å². The lowest BCUT2D eigenvalue weighted by molar-refractivity contribution is -0.142. The van der Waals surface area contributed by atoms with Gasteiger partial charge in [0.1, 0.15) is 29.8 Å². The molecule has 2 aromatic carbocycles. The molecule has 1 fully saturated rings. The number of nitrogens with zero attached hydrogens (tertiary/aromatic N) is 1. The summed E-state index contributed by atoms with van der Waals surface area (Å²) < 4.78 is 23.2. The predicted octanol–water partition coefficient (Wildman–Crippen LogP) is 6.08. The van der Waals surface area contributed by atoms with Crippen LogP contribution in [0.25, 0.3) is 0 Å². The molecule has 1 unspecified atom stereocenters. The highest BCUT2D eigenvalue weighted by Crippen LogP contribution is 2.28. The first-order valence-electron chi connectivity index (χ1n) is 11.8. The van der Waals surface area contributed by atoms with Crippen LogP contribution in [-0.4, -0.2) is 48.9 Å². The number of hydrogen-bond acceptors (Lipinski definition) is 6. The highest BCUT2D eigenvalue weighted by atomic mass is 79.9. The largest absolute Gasteiger partial charge is 0.490 e. The van der Waals surface area contributed by atoms with Crippen LogP contribution < -0.4 is 9.47 Å². The maximum absolute atomic E-state index is 12.2. The molecular weight excluding hydrogens is 514 g/mol. The number of ether oxygens (including phenoxy) is 4. The lowest BCUT2D eigenvalue weighted by Gasteiger charge is -2.33. The number of benzene rings is 2. The van der Waals surface area contributed by atoms with Crippen molar-refractivity contribution in [2.75, 3.05) is 20.2 Å². The highest BCUT2D eigenvalue weighted by Gasteiger charge is 2.27. The molecule has 0 bridgehead atoms. The van der Waals surface area contributed by atoms with E-state index in [-0.39, 0.29) is 24.1 Å². The van der Waals surface area contributed by atoms with Gasteiger partial charge in [0.2, 0.25) is 0 Å². The monoisotopic (exact) mass is 547 g/mol. The van der Waals surface area contributed by atoms with Crippen LogP contribution in [0.3, 0.4) is 0 Å². The fraction of sp³-hybridized carbons (Fsp3) is 0.481. The molecule has 1 saturated heterocycles. The average molecular weight is 548 g/mol. The average Bonchev–Trinajstić information content (AvgIpc) is 2.81. The van der Waals surface area contributed by atoms with E-state index in [0.29, 0.717) is 25.4 Å². The Hall–Kier alpha value is -2.74. The molecule has 1 aliphatic rings. The van der Waals surface area contributed by atoms with Gasteiger partial charge in [-0.3, -0.25) is 4.79 Å². The maximum Gasteiger partial charge on any atom is 0.410 e. The molecule has 35 heavy (non-hydrogen) atoms. The Morgan fingerprint density at radius 1 is 1.06 bits per heavy atom. The molecule has 0 radical (unpaired) electrons. The zero-order valence-corrected chi connectivity index (χ0v) is 22.6. The quantitative estimate of drug-likeness (QED) is 0.391. The van der Waals surface area contributed by atoms with Crippen LogP contribution in [0.2, 0.25) is 0 Å². The van der Waals surface area contributed by atoms with E-state index in [1.807, 2.05) is 63.2 Å². The number of carbonyl (C=O) groups is 2. The lowest BCUT2D eigenvalue weighted by atomic mass is 10.0. The van der Waals surface area contributed by atoms with Crippen molar-refractivity contribution >= 4 is 28.0 Å². The smallest absolute Gasteiger partial charge is 0.410 e. The van der Waals surface area contributed by atoms with Gasteiger partial charge in [-0.25, -0.2) is 4.79 Å². The second kappa shape index (κ2) is 11.8. The van der Waals surface area contributed by atoms with Crippen molar-refractivity contribution in [2.45, 2.75) is 64.8 Å². The lowest BCUT2D eigenvalue weighted by Crippen LogP contribution is -2.44. The molecule has 190 valence electrons. The van der Waals surface area contributed by atoms with E-state index in [9.17, 15) is 9.59 Å². The normalized spacial score (nSPS) is 15.3. The molecule has 1 heterocycles. The third-order valence-corrected chi connectivity index (χ3v) is 6.13. The molecule has 0 saturated carbocycles. The van der Waals surface area contributed by atoms with Crippen molar-refractivity contribution in [3.8, 4) is 11.5 Å². The second-order valence-corrected chi connectivity index (χ2v) is 10.6. The van der Waals surface area contributed by atoms with Gasteiger partial charge < -0.3 is 23.8 Å².